The molecule has 1 heterocycles. The van der Waals surface area contributed by atoms with Crippen LogP contribution in [0.3, 0.4) is 0 Å². The number of nitrogen functional groups attached to an aromatic ring is 1. The van der Waals surface area contributed by atoms with Crippen molar-refractivity contribution in [2.75, 3.05) is 5.73 Å². The Bertz CT molecular complexity index is 459. The number of anilines is 1. The van der Waals surface area contributed by atoms with E-state index in [0.29, 0.717) is 10.6 Å². The number of hydrogen-bond acceptors (Lipinski definition) is 3. The molecule has 3 N–H and O–H groups in total. The van der Waals surface area contributed by atoms with Crippen molar-refractivity contribution in [2.24, 2.45) is 0 Å². The Balaban J connectivity index is 2.56. The van der Waals surface area contributed by atoms with Crippen LogP contribution in [0.15, 0.2) is 0 Å². The highest BCUT2D eigenvalue weighted by Crippen LogP contribution is 2.50. The van der Waals surface area contributed by atoms with E-state index in [-0.39, 0.29) is 5.41 Å². The van der Waals surface area contributed by atoms with E-state index in [1.165, 1.54) is 41.9 Å². The molecule has 0 aromatic carbocycles. The van der Waals surface area contributed by atoms with Crippen LogP contribution in [-0.4, -0.2) is 11.1 Å². The lowest BCUT2D eigenvalue weighted by Gasteiger charge is -2.27. The molecule has 1 aromatic rings. The highest BCUT2D eigenvalue weighted by atomic mass is 32.1. The number of aromatic carboxylic acids is 1. The minimum Gasteiger partial charge on any atom is -0.477 e. The van der Waals surface area contributed by atoms with Crippen molar-refractivity contribution in [1.29, 1.82) is 0 Å². The van der Waals surface area contributed by atoms with E-state index in [9.17, 15) is 9.90 Å². The second-order valence-electron chi connectivity index (χ2n) is 5.15. The van der Waals surface area contributed by atoms with Crippen LogP contribution in [-0.2, 0) is 11.8 Å². The van der Waals surface area contributed by atoms with Gasteiger partial charge >= 0.3 is 5.97 Å². The van der Waals surface area contributed by atoms with Crippen LogP contribution in [0.2, 0.25) is 0 Å². The molecule has 1 fully saturated rings. The zero-order valence-electron chi connectivity index (χ0n) is 11.1. The fraction of sp³-hybridized carbons (Fsp3) is 0.643. The molecule has 18 heavy (non-hydrogen) atoms. The summed E-state index contributed by atoms with van der Waals surface area (Å²) in [6, 6.07) is 0. The molecule has 1 aromatic heterocycles. The normalized spacial score (nSPS) is 18.1. The van der Waals surface area contributed by atoms with Gasteiger partial charge in [-0.15, -0.1) is 11.3 Å². The zero-order chi connectivity index (χ0) is 13.3. The fourth-order valence-corrected chi connectivity index (χ4v) is 4.68. The first-order valence-electron chi connectivity index (χ1n) is 6.70. The summed E-state index contributed by atoms with van der Waals surface area (Å²) in [4.78, 5) is 12.8. The molecular weight excluding hydrogens is 246 g/mol. The van der Waals surface area contributed by atoms with Gasteiger partial charge in [-0.05, 0) is 31.2 Å². The van der Waals surface area contributed by atoms with Gasteiger partial charge in [0.2, 0.25) is 0 Å². The average molecular weight is 267 g/mol. The third-order valence-electron chi connectivity index (χ3n) is 4.31. The first-order chi connectivity index (χ1) is 8.55. The Hall–Kier alpha value is -1.03. The Labute approximate surface area is 112 Å². The van der Waals surface area contributed by atoms with E-state index in [1.54, 1.807) is 0 Å². The zero-order valence-corrected chi connectivity index (χ0v) is 11.9. The third-order valence-corrected chi connectivity index (χ3v) is 5.80. The van der Waals surface area contributed by atoms with Crippen molar-refractivity contribution in [3.05, 3.63) is 15.3 Å². The predicted molar refractivity (Wildman–Crippen MR) is 75.5 cm³/mol. The number of nitrogens with two attached hydrogens (primary N) is 1. The molecule has 0 aliphatic heterocycles. The topological polar surface area (TPSA) is 63.3 Å². The second kappa shape index (κ2) is 4.92. The van der Waals surface area contributed by atoms with Gasteiger partial charge in [0.05, 0.1) is 5.69 Å². The molecule has 1 saturated carbocycles. The van der Waals surface area contributed by atoms with Crippen LogP contribution < -0.4 is 5.73 Å². The number of thiophene rings is 1. The van der Waals surface area contributed by atoms with E-state index in [1.807, 2.05) is 0 Å². The standard InChI is InChI=1S/C14H21NO2S/c1-3-9-10(15)11(13(16)17)18-12(9)14(4-2)7-5-6-8-14/h3-8,15H2,1-2H3,(H,16,17). The molecular formula is C14H21NO2S. The highest BCUT2D eigenvalue weighted by molar-refractivity contribution is 7.15. The van der Waals surface area contributed by atoms with E-state index < -0.39 is 5.97 Å². The maximum absolute atomic E-state index is 11.2. The van der Waals surface area contributed by atoms with Crippen molar-refractivity contribution in [2.45, 2.75) is 57.8 Å². The van der Waals surface area contributed by atoms with E-state index in [4.69, 9.17) is 5.73 Å². The molecule has 1 aliphatic carbocycles. The fourth-order valence-electron chi connectivity index (χ4n) is 3.21. The lowest BCUT2D eigenvalue weighted by Crippen LogP contribution is -2.20. The van der Waals surface area contributed by atoms with Crippen molar-refractivity contribution in [3.63, 3.8) is 0 Å². The summed E-state index contributed by atoms with van der Waals surface area (Å²) in [6.07, 6.45) is 6.76. The van der Waals surface area contributed by atoms with Crippen molar-refractivity contribution in [1.82, 2.24) is 0 Å². The van der Waals surface area contributed by atoms with Crippen molar-refractivity contribution < 1.29 is 9.90 Å². The molecule has 0 amide bonds. The van der Waals surface area contributed by atoms with Crippen LogP contribution in [0, 0.1) is 0 Å². The van der Waals surface area contributed by atoms with Crippen molar-refractivity contribution in [3.8, 4) is 0 Å². The van der Waals surface area contributed by atoms with Gasteiger partial charge in [-0.2, -0.15) is 0 Å². The SMILES string of the molecule is CCc1c(C2(CC)CCCC2)sc(C(=O)O)c1N. The number of rotatable bonds is 4. The highest BCUT2D eigenvalue weighted by Gasteiger charge is 2.38. The molecule has 3 nitrogen and oxygen atoms in total. The lowest BCUT2D eigenvalue weighted by atomic mass is 9.79. The Morgan fingerprint density at radius 2 is 2.00 bits per heavy atom. The quantitative estimate of drug-likeness (QED) is 0.871. The summed E-state index contributed by atoms with van der Waals surface area (Å²) < 4.78 is 0. The molecule has 0 spiro atoms. The van der Waals surface area contributed by atoms with Gasteiger partial charge in [-0.1, -0.05) is 26.7 Å². The first kappa shape index (κ1) is 13.4. The maximum atomic E-state index is 11.2. The van der Waals surface area contributed by atoms with Crippen LogP contribution in [0.25, 0.3) is 0 Å². The lowest BCUT2D eigenvalue weighted by molar-refractivity contribution is 0.0703. The van der Waals surface area contributed by atoms with Gasteiger partial charge < -0.3 is 10.8 Å². The molecule has 2 rings (SSSR count). The van der Waals surface area contributed by atoms with Gasteiger partial charge in [0, 0.05) is 10.3 Å². The maximum Gasteiger partial charge on any atom is 0.348 e. The first-order valence-corrected chi connectivity index (χ1v) is 7.52. The molecule has 1 aliphatic rings. The summed E-state index contributed by atoms with van der Waals surface area (Å²) in [5, 5.41) is 9.23. The van der Waals surface area contributed by atoms with Gasteiger partial charge in [0.15, 0.2) is 0 Å². The van der Waals surface area contributed by atoms with Gasteiger partial charge in [-0.25, -0.2) is 4.79 Å². The van der Waals surface area contributed by atoms with Gasteiger partial charge in [-0.3, -0.25) is 0 Å². The molecule has 100 valence electrons. The van der Waals surface area contributed by atoms with Gasteiger partial charge in [0.1, 0.15) is 4.88 Å². The minimum absolute atomic E-state index is 0.192. The predicted octanol–water partition coefficient (Wildman–Crippen LogP) is 3.81. The number of carboxylic acids is 1. The van der Waals surface area contributed by atoms with Crippen LogP contribution in [0.4, 0.5) is 5.69 Å². The van der Waals surface area contributed by atoms with E-state index in [2.05, 4.69) is 13.8 Å². The summed E-state index contributed by atoms with van der Waals surface area (Å²) in [5.74, 6) is -0.886. The molecule has 0 radical (unpaired) electrons. The summed E-state index contributed by atoms with van der Waals surface area (Å²) in [6.45, 7) is 4.27. The number of hydrogen-bond donors (Lipinski definition) is 2. The molecule has 0 bridgehead atoms. The number of carboxylic acid groups (broad SMARTS) is 1. The Kier molecular flexibility index (Phi) is 3.66. The third kappa shape index (κ3) is 1.92. The smallest absolute Gasteiger partial charge is 0.348 e. The largest absolute Gasteiger partial charge is 0.477 e. The van der Waals surface area contributed by atoms with E-state index in [0.717, 1.165) is 18.4 Å². The van der Waals surface area contributed by atoms with Crippen LogP contribution >= 0.6 is 11.3 Å². The second-order valence-corrected chi connectivity index (χ2v) is 6.17. The monoisotopic (exact) mass is 267 g/mol. The van der Waals surface area contributed by atoms with E-state index >= 15 is 0 Å². The number of carbonyl (C=O) groups is 1. The average Bonchev–Trinajstić information content (AvgIpc) is 2.93. The summed E-state index contributed by atoms with van der Waals surface area (Å²) in [7, 11) is 0. The summed E-state index contributed by atoms with van der Waals surface area (Å²) in [5.41, 5.74) is 7.81. The minimum atomic E-state index is -0.886. The Morgan fingerprint density at radius 1 is 1.39 bits per heavy atom. The Morgan fingerprint density at radius 3 is 2.44 bits per heavy atom. The molecule has 4 heteroatoms. The van der Waals surface area contributed by atoms with Crippen LogP contribution in [0.5, 0.6) is 0 Å². The van der Waals surface area contributed by atoms with Crippen LogP contribution in [0.1, 0.15) is 66.1 Å². The molecule has 0 atom stereocenters. The molecule has 0 unspecified atom stereocenters. The van der Waals surface area contributed by atoms with Gasteiger partial charge in [0.25, 0.3) is 0 Å². The molecule has 0 saturated heterocycles. The summed E-state index contributed by atoms with van der Waals surface area (Å²) >= 11 is 1.41. The van der Waals surface area contributed by atoms with Crippen molar-refractivity contribution >= 4 is 23.0 Å².